The van der Waals surface area contributed by atoms with Crippen molar-refractivity contribution in [3.63, 3.8) is 0 Å². The van der Waals surface area contributed by atoms with Crippen LogP contribution in [0, 0.1) is 34.5 Å². The lowest BCUT2D eigenvalue weighted by atomic mass is 9.59. The van der Waals surface area contributed by atoms with Crippen LogP contribution in [0.2, 0.25) is 0 Å². The molecule has 7 unspecified atom stereocenters. The molecule has 2 saturated carbocycles. The zero-order chi connectivity index (χ0) is 24.1. The fourth-order valence-corrected chi connectivity index (χ4v) is 7.20. The van der Waals surface area contributed by atoms with Gasteiger partial charge in [0.05, 0.1) is 12.0 Å². The van der Waals surface area contributed by atoms with Gasteiger partial charge in [0.25, 0.3) is 0 Å². The van der Waals surface area contributed by atoms with E-state index in [1.165, 1.54) is 0 Å². The summed E-state index contributed by atoms with van der Waals surface area (Å²) in [5.41, 5.74) is -2.50. The monoisotopic (exact) mass is 458 g/mol. The second kappa shape index (κ2) is 6.99. The number of allylic oxidation sites excluding steroid dienone is 1. The van der Waals surface area contributed by atoms with Crippen LogP contribution in [0.4, 0.5) is 0 Å². The van der Waals surface area contributed by atoms with Crippen molar-refractivity contribution < 1.29 is 29.4 Å². The standard InChI is InChI=1S/C25H34N2O6/c1-11(2)21-26-22(27-33-21)32-20-12(3)9-24-13(4)7-16-17(23(16,5)6)15(19(24)30)8-14(10-28)18(29)25(20,24)31/h8-9,11,13,15-18,20,28-29,31H,7,10H2,1-6H3/t13-,15?,16?,17?,18?,20?,24?,25?/m1/s1. The minimum atomic E-state index is -2.02. The number of carbonyl (C=O) groups is 1. The van der Waals surface area contributed by atoms with Gasteiger partial charge >= 0.3 is 6.01 Å². The van der Waals surface area contributed by atoms with Gasteiger partial charge in [-0.05, 0) is 52.8 Å². The Morgan fingerprint density at radius 1 is 1.33 bits per heavy atom. The third kappa shape index (κ3) is 2.71. The molecule has 1 aromatic heterocycles. The number of aromatic nitrogens is 2. The summed E-state index contributed by atoms with van der Waals surface area (Å²) in [6.45, 7) is 11.5. The average Bonchev–Trinajstić information content (AvgIpc) is 3.07. The molecule has 0 aliphatic heterocycles. The van der Waals surface area contributed by atoms with Gasteiger partial charge in [0.15, 0.2) is 17.5 Å². The molecule has 4 aliphatic rings. The van der Waals surface area contributed by atoms with E-state index in [1.54, 1.807) is 19.1 Å². The molecule has 8 heteroatoms. The number of ketones is 1. The molecule has 3 N–H and O–H groups in total. The minimum Gasteiger partial charge on any atom is -0.450 e. The smallest absolute Gasteiger partial charge is 0.354 e. The molecule has 2 fully saturated rings. The zero-order valence-electron chi connectivity index (χ0n) is 20.1. The predicted molar refractivity (Wildman–Crippen MR) is 118 cm³/mol. The summed E-state index contributed by atoms with van der Waals surface area (Å²) in [4.78, 5) is 18.6. The quantitative estimate of drug-likeness (QED) is 0.587. The lowest BCUT2D eigenvalue weighted by Crippen LogP contribution is -2.66. The molecule has 4 aliphatic carbocycles. The van der Waals surface area contributed by atoms with Crippen LogP contribution < -0.4 is 4.74 Å². The van der Waals surface area contributed by atoms with E-state index in [4.69, 9.17) is 9.26 Å². The number of hydrogen-bond acceptors (Lipinski definition) is 8. The van der Waals surface area contributed by atoms with Crippen LogP contribution >= 0.6 is 0 Å². The van der Waals surface area contributed by atoms with Crippen molar-refractivity contribution in [1.82, 2.24) is 10.1 Å². The summed E-state index contributed by atoms with van der Waals surface area (Å²) in [6, 6.07) is -0.0536. The van der Waals surface area contributed by atoms with Gasteiger partial charge < -0.3 is 24.6 Å². The first-order valence-electron chi connectivity index (χ1n) is 11.9. The second-order valence-corrected chi connectivity index (χ2v) is 11.4. The highest BCUT2D eigenvalue weighted by Crippen LogP contribution is 2.71. The van der Waals surface area contributed by atoms with Gasteiger partial charge in [-0.3, -0.25) is 4.79 Å². The van der Waals surface area contributed by atoms with Crippen LogP contribution in [0.1, 0.15) is 59.8 Å². The first-order chi connectivity index (χ1) is 15.4. The fraction of sp³-hybridized carbons (Fsp3) is 0.720. The fourth-order valence-electron chi connectivity index (χ4n) is 7.20. The van der Waals surface area contributed by atoms with Crippen LogP contribution in [0.15, 0.2) is 27.8 Å². The summed E-state index contributed by atoms with van der Waals surface area (Å²) < 4.78 is 11.3. The Labute approximate surface area is 193 Å². The van der Waals surface area contributed by atoms with Crippen molar-refractivity contribution in [3.05, 3.63) is 29.2 Å². The van der Waals surface area contributed by atoms with Crippen molar-refractivity contribution in [3.8, 4) is 6.01 Å². The zero-order valence-corrected chi connectivity index (χ0v) is 20.1. The van der Waals surface area contributed by atoms with Crippen LogP contribution in [0.5, 0.6) is 6.01 Å². The van der Waals surface area contributed by atoms with Gasteiger partial charge in [0, 0.05) is 11.8 Å². The van der Waals surface area contributed by atoms with E-state index < -0.39 is 35.7 Å². The Morgan fingerprint density at radius 3 is 2.64 bits per heavy atom. The molecule has 5 rings (SSSR count). The van der Waals surface area contributed by atoms with Gasteiger partial charge in [0.1, 0.15) is 6.10 Å². The Bertz CT molecular complexity index is 1060. The van der Waals surface area contributed by atoms with Crippen LogP contribution in [0.25, 0.3) is 0 Å². The van der Waals surface area contributed by atoms with Crippen molar-refractivity contribution in [1.29, 1.82) is 0 Å². The number of aliphatic hydroxyl groups is 3. The predicted octanol–water partition coefficient (Wildman–Crippen LogP) is 2.41. The Morgan fingerprint density at radius 2 is 2.03 bits per heavy atom. The first-order valence-corrected chi connectivity index (χ1v) is 11.9. The Balaban J connectivity index is 1.65. The van der Waals surface area contributed by atoms with E-state index in [0.29, 0.717) is 17.4 Å². The third-order valence-electron chi connectivity index (χ3n) is 9.04. The third-order valence-corrected chi connectivity index (χ3v) is 9.04. The molecule has 8 atom stereocenters. The highest BCUT2D eigenvalue weighted by molar-refractivity contribution is 5.95. The number of rotatable bonds is 4. The number of Topliss-reactive ketones (excluding diaryl/α,β-unsaturated/α-hetero) is 1. The summed E-state index contributed by atoms with van der Waals surface area (Å²) in [5, 5.41) is 37.9. The Hall–Kier alpha value is -2.03. The topological polar surface area (TPSA) is 126 Å². The summed E-state index contributed by atoms with van der Waals surface area (Å²) in [7, 11) is 0. The van der Waals surface area contributed by atoms with Gasteiger partial charge in [-0.1, -0.05) is 46.8 Å². The maximum Gasteiger partial charge on any atom is 0.354 e. The highest BCUT2D eigenvalue weighted by atomic mass is 16.6. The molecule has 0 radical (unpaired) electrons. The maximum absolute atomic E-state index is 14.3. The number of aliphatic hydroxyl groups excluding tert-OH is 2. The molecular formula is C25H34N2O6. The highest BCUT2D eigenvalue weighted by Gasteiger charge is 2.76. The van der Waals surface area contributed by atoms with Gasteiger partial charge in [-0.2, -0.15) is 4.98 Å². The molecule has 1 spiro atoms. The average molecular weight is 459 g/mol. The first kappa shape index (κ1) is 22.7. The molecular weight excluding hydrogens is 424 g/mol. The largest absolute Gasteiger partial charge is 0.450 e. The molecule has 180 valence electrons. The molecule has 0 aromatic carbocycles. The molecule has 1 aromatic rings. The van der Waals surface area contributed by atoms with E-state index in [1.807, 2.05) is 20.8 Å². The molecule has 0 amide bonds. The van der Waals surface area contributed by atoms with E-state index >= 15 is 0 Å². The van der Waals surface area contributed by atoms with Gasteiger partial charge in [0.2, 0.25) is 5.89 Å². The van der Waals surface area contributed by atoms with Crippen molar-refractivity contribution in [2.75, 3.05) is 6.61 Å². The molecule has 0 saturated heterocycles. The van der Waals surface area contributed by atoms with E-state index in [9.17, 15) is 20.1 Å². The molecule has 1 heterocycles. The summed E-state index contributed by atoms with van der Waals surface area (Å²) in [6.07, 6.45) is 1.70. The van der Waals surface area contributed by atoms with Crippen LogP contribution in [0.3, 0.4) is 0 Å². The lowest BCUT2D eigenvalue weighted by molar-refractivity contribution is -0.186. The summed E-state index contributed by atoms with van der Waals surface area (Å²) >= 11 is 0. The van der Waals surface area contributed by atoms with E-state index in [0.717, 1.165) is 6.42 Å². The maximum atomic E-state index is 14.3. The van der Waals surface area contributed by atoms with Crippen molar-refractivity contribution in [2.45, 2.75) is 71.7 Å². The Kier molecular flexibility index (Phi) is 4.82. The van der Waals surface area contributed by atoms with Crippen LogP contribution in [-0.2, 0) is 4.79 Å². The number of fused-ring (bicyclic) bond motifs is 3. The van der Waals surface area contributed by atoms with Crippen molar-refractivity contribution >= 4 is 5.78 Å². The minimum absolute atomic E-state index is 0.00353. The van der Waals surface area contributed by atoms with Gasteiger partial charge in [-0.25, -0.2) is 0 Å². The molecule has 33 heavy (non-hydrogen) atoms. The molecule has 8 nitrogen and oxygen atoms in total. The lowest BCUT2D eigenvalue weighted by Gasteiger charge is -2.48. The van der Waals surface area contributed by atoms with Gasteiger partial charge in [-0.15, -0.1) is 0 Å². The number of nitrogens with zero attached hydrogens (tertiary/aromatic N) is 2. The molecule has 2 bridgehead atoms. The SMILES string of the molecule is CC1=CC23C(=O)C(C=C(CO)C(O)C2(O)C1Oc1noc(C(C)C)n1)C1C(C[C@H]3C)C1(C)C. The van der Waals surface area contributed by atoms with Crippen molar-refractivity contribution in [2.24, 2.45) is 34.5 Å². The van der Waals surface area contributed by atoms with Crippen LogP contribution in [-0.4, -0.2) is 55.7 Å². The van der Waals surface area contributed by atoms with E-state index in [2.05, 4.69) is 24.0 Å². The second-order valence-electron chi connectivity index (χ2n) is 11.4. The van der Waals surface area contributed by atoms with E-state index in [-0.39, 0.29) is 40.5 Å². The summed E-state index contributed by atoms with van der Waals surface area (Å²) in [5.74, 6) is -0.00391. The normalized spacial score (nSPS) is 43.3. The number of hydrogen-bond donors (Lipinski definition) is 3. The number of ether oxygens (including phenoxy) is 1. The number of carbonyl (C=O) groups excluding carboxylic acids is 1.